The van der Waals surface area contributed by atoms with Crippen molar-refractivity contribution >= 4 is 65.4 Å². The Balaban J connectivity index is 1.41. The molecule has 0 radical (unpaired) electrons. The highest BCUT2D eigenvalue weighted by Crippen LogP contribution is 2.44. The maximum atomic E-state index is 14.0. The van der Waals surface area contributed by atoms with E-state index in [0.717, 1.165) is 22.3 Å². The standard InChI is InChI=1S/C46H60N12O14/c1-23(2)15-35(44(69)70)58-43(68)34(18-38(62)63)57-42(67)32(16-25-19-49-22-52-25)56-40(65)31(13-8-14-50-45(47)48)55-39(64)24(3)53-41(66)33(17-37(60)61)54-36(59)20-51-46(71)72-21-30-28-11-6-4-9-26(28)27-10-5-7-12-29(27)30/h4-7,9-12,19,22-24,30-35H,8,13-18,20-21H2,1-3H3,(H,49,52)(H,51,71)(H,53,66)(H,54,59)(H,55,64)(H,56,65)(H,57,67)(H,58,68)(H,60,61)(H,62,63)(H,69,70)(H4,47,48,50). The van der Waals surface area contributed by atoms with E-state index in [4.69, 9.17) is 16.2 Å². The van der Waals surface area contributed by atoms with E-state index < -0.39 is 115 Å². The fourth-order valence-corrected chi connectivity index (χ4v) is 7.60. The molecule has 1 aliphatic rings. The number of amides is 7. The van der Waals surface area contributed by atoms with Crippen molar-refractivity contribution in [1.82, 2.24) is 47.2 Å². The Morgan fingerprint density at radius 1 is 0.694 bits per heavy atom. The number of H-pyrrole nitrogens is 1. The highest BCUT2D eigenvalue weighted by atomic mass is 16.5. The molecular formula is C46H60N12O14. The number of nitrogens with two attached hydrogens (primary N) is 2. The lowest BCUT2D eigenvalue weighted by atomic mass is 9.98. The number of carbonyl (C=O) groups excluding carboxylic acids is 7. The van der Waals surface area contributed by atoms with Gasteiger partial charge in [-0.15, -0.1) is 0 Å². The normalized spacial score (nSPS) is 14.0. The van der Waals surface area contributed by atoms with E-state index in [2.05, 4.69) is 52.2 Å². The quantitative estimate of drug-likeness (QED) is 0.0225. The van der Waals surface area contributed by atoms with E-state index in [-0.39, 0.29) is 56.6 Å². The molecule has 0 saturated carbocycles. The van der Waals surface area contributed by atoms with Crippen LogP contribution in [0, 0.1) is 5.92 Å². The summed E-state index contributed by atoms with van der Waals surface area (Å²) in [6.07, 6.45) is -0.743. The second-order valence-corrected chi connectivity index (χ2v) is 17.2. The van der Waals surface area contributed by atoms with Crippen LogP contribution in [0.15, 0.2) is 66.0 Å². The molecule has 26 heteroatoms. The molecule has 0 saturated heterocycles. The Bertz CT molecular complexity index is 2430. The predicted octanol–water partition coefficient (Wildman–Crippen LogP) is -1.45. The van der Waals surface area contributed by atoms with Crippen LogP contribution in [0.2, 0.25) is 0 Å². The van der Waals surface area contributed by atoms with Gasteiger partial charge in [-0.2, -0.15) is 0 Å². The molecule has 0 aliphatic heterocycles. The second kappa shape index (κ2) is 27.0. The van der Waals surface area contributed by atoms with Crippen molar-refractivity contribution in [2.45, 2.75) is 101 Å². The summed E-state index contributed by atoms with van der Waals surface area (Å²) in [5.74, 6) is -11.5. The van der Waals surface area contributed by atoms with Crippen molar-refractivity contribution in [2.75, 3.05) is 19.7 Å². The lowest BCUT2D eigenvalue weighted by Gasteiger charge is -2.26. The number of alkyl carbamates (subject to hydrolysis) is 1. The van der Waals surface area contributed by atoms with Gasteiger partial charge in [0.25, 0.3) is 0 Å². The molecule has 6 unspecified atom stereocenters. The summed E-state index contributed by atoms with van der Waals surface area (Å²) in [7, 11) is 0. The molecule has 7 amide bonds. The molecule has 15 N–H and O–H groups in total. The van der Waals surface area contributed by atoms with Gasteiger partial charge < -0.3 is 73.7 Å². The topological polar surface area (TPSA) is 418 Å². The molecule has 1 heterocycles. The van der Waals surface area contributed by atoms with Crippen molar-refractivity contribution in [3.63, 3.8) is 0 Å². The number of carbonyl (C=O) groups is 10. The number of aromatic amines is 1. The largest absolute Gasteiger partial charge is 0.481 e. The Labute approximate surface area is 412 Å². The second-order valence-electron chi connectivity index (χ2n) is 17.2. The minimum atomic E-state index is -1.81. The van der Waals surface area contributed by atoms with Gasteiger partial charge in [0.1, 0.15) is 49.4 Å². The summed E-state index contributed by atoms with van der Waals surface area (Å²) >= 11 is 0. The predicted molar refractivity (Wildman–Crippen MR) is 254 cm³/mol. The average Bonchev–Trinajstić information content (AvgIpc) is 3.95. The Hall–Kier alpha value is -8.58. The summed E-state index contributed by atoms with van der Waals surface area (Å²) in [6.45, 7) is 3.79. The lowest BCUT2D eigenvalue weighted by Crippen LogP contribution is -2.60. The smallest absolute Gasteiger partial charge is 0.407 e. The Kier molecular flexibility index (Phi) is 21.0. The maximum Gasteiger partial charge on any atom is 0.407 e. The fraction of sp³-hybridized carbons (Fsp3) is 0.435. The number of hydrogen-bond acceptors (Lipinski definition) is 13. The molecule has 388 valence electrons. The number of rotatable bonds is 28. The number of ether oxygens (including phenoxy) is 1. The first-order chi connectivity index (χ1) is 34.1. The van der Waals surface area contributed by atoms with Crippen LogP contribution < -0.4 is 48.7 Å². The number of hydrogen-bond donors (Lipinski definition) is 13. The molecule has 0 bridgehead atoms. The lowest BCUT2D eigenvalue weighted by molar-refractivity contribution is -0.144. The zero-order chi connectivity index (χ0) is 53.1. The number of imidazole rings is 1. The highest BCUT2D eigenvalue weighted by molar-refractivity contribution is 5.98. The van der Waals surface area contributed by atoms with Crippen LogP contribution >= 0.6 is 0 Å². The van der Waals surface area contributed by atoms with Crippen molar-refractivity contribution in [3.05, 3.63) is 77.9 Å². The number of guanidine groups is 1. The maximum absolute atomic E-state index is 14.0. The van der Waals surface area contributed by atoms with Gasteiger partial charge in [0.2, 0.25) is 35.4 Å². The molecule has 3 aromatic rings. The van der Waals surface area contributed by atoms with Gasteiger partial charge in [-0.05, 0) is 54.4 Å². The number of benzene rings is 2. The zero-order valence-electron chi connectivity index (χ0n) is 39.6. The van der Waals surface area contributed by atoms with Crippen LogP contribution in [0.1, 0.15) is 75.6 Å². The summed E-state index contributed by atoms with van der Waals surface area (Å²) in [5, 5.41) is 45.0. The number of nitrogens with zero attached hydrogens (tertiary/aromatic N) is 2. The molecule has 0 fully saturated rings. The van der Waals surface area contributed by atoms with E-state index in [9.17, 15) is 63.3 Å². The Morgan fingerprint density at radius 3 is 1.78 bits per heavy atom. The third-order valence-electron chi connectivity index (χ3n) is 11.0. The third-order valence-corrected chi connectivity index (χ3v) is 11.0. The van der Waals surface area contributed by atoms with Crippen LogP contribution in [-0.2, 0) is 54.3 Å². The van der Waals surface area contributed by atoms with Crippen LogP contribution in [0.3, 0.4) is 0 Å². The van der Waals surface area contributed by atoms with E-state index in [0.29, 0.717) is 5.69 Å². The molecule has 4 rings (SSSR count). The molecule has 0 spiro atoms. The fourth-order valence-electron chi connectivity index (χ4n) is 7.60. The molecule has 2 aromatic carbocycles. The number of carboxylic acids is 3. The SMILES string of the molecule is CC(C)CC(NC(=O)C(CC(=O)O)NC(=O)C(Cc1cnc[nH]1)NC(=O)C(CCCN=C(N)N)NC(=O)C(C)NC(=O)C(CC(=O)O)NC(=O)CNC(=O)OCC1c2ccccc2-c2ccccc21)C(=O)O. The van der Waals surface area contributed by atoms with Gasteiger partial charge in [-0.1, -0.05) is 62.4 Å². The molecule has 26 nitrogen and oxygen atoms in total. The summed E-state index contributed by atoms with van der Waals surface area (Å²) < 4.78 is 5.43. The van der Waals surface area contributed by atoms with Gasteiger partial charge in [0.15, 0.2) is 5.96 Å². The van der Waals surface area contributed by atoms with E-state index >= 15 is 0 Å². The molecule has 6 atom stereocenters. The number of fused-ring (bicyclic) bond motifs is 3. The van der Waals surface area contributed by atoms with Crippen molar-refractivity contribution < 1.29 is 68.0 Å². The molecule has 1 aliphatic carbocycles. The van der Waals surface area contributed by atoms with Crippen LogP contribution in [0.25, 0.3) is 11.1 Å². The van der Waals surface area contributed by atoms with E-state index in [1.807, 2.05) is 48.5 Å². The number of aliphatic carboxylic acids is 3. The monoisotopic (exact) mass is 1000 g/mol. The van der Waals surface area contributed by atoms with Crippen molar-refractivity contribution in [1.29, 1.82) is 0 Å². The van der Waals surface area contributed by atoms with Gasteiger partial charge in [-0.25, -0.2) is 14.6 Å². The van der Waals surface area contributed by atoms with Gasteiger partial charge in [0, 0.05) is 30.8 Å². The first-order valence-corrected chi connectivity index (χ1v) is 22.7. The number of aromatic nitrogens is 2. The van der Waals surface area contributed by atoms with Gasteiger partial charge in [-0.3, -0.25) is 43.3 Å². The number of carboxylic acid groups (broad SMARTS) is 3. The highest BCUT2D eigenvalue weighted by Gasteiger charge is 2.35. The van der Waals surface area contributed by atoms with Gasteiger partial charge in [0.05, 0.1) is 19.2 Å². The average molecular weight is 1010 g/mol. The summed E-state index contributed by atoms with van der Waals surface area (Å²) in [4.78, 5) is 140. The number of aliphatic imine (C=N–C) groups is 1. The summed E-state index contributed by atoms with van der Waals surface area (Å²) in [6, 6.07) is 5.75. The van der Waals surface area contributed by atoms with Gasteiger partial charge >= 0.3 is 24.0 Å². The van der Waals surface area contributed by atoms with Crippen LogP contribution in [0.5, 0.6) is 0 Å². The van der Waals surface area contributed by atoms with Crippen LogP contribution in [-0.4, -0.2) is 147 Å². The van der Waals surface area contributed by atoms with Crippen LogP contribution in [0.4, 0.5) is 4.79 Å². The molecule has 72 heavy (non-hydrogen) atoms. The van der Waals surface area contributed by atoms with Crippen molar-refractivity contribution in [2.24, 2.45) is 22.4 Å². The zero-order valence-corrected chi connectivity index (χ0v) is 39.6. The Morgan fingerprint density at radius 2 is 1.22 bits per heavy atom. The van der Waals surface area contributed by atoms with E-state index in [1.54, 1.807) is 13.8 Å². The molecular weight excluding hydrogens is 945 g/mol. The van der Waals surface area contributed by atoms with E-state index in [1.165, 1.54) is 19.4 Å². The first kappa shape index (κ1) is 56.0. The summed E-state index contributed by atoms with van der Waals surface area (Å²) in [5.41, 5.74) is 15.1. The number of nitrogens with one attached hydrogen (secondary N) is 8. The first-order valence-electron chi connectivity index (χ1n) is 22.7. The minimum absolute atomic E-state index is 0.0172. The third kappa shape index (κ3) is 17.4. The van der Waals surface area contributed by atoms with Crippen molar-refractivity contribution in [3.8, 4) is 11.1 Å². The minimum Gasteiger partial charge on any atom is -0.481 e. The molecule has 1 aromatic heterocycles.